The van der Waals surface area contributed by atoms with Crippen LogP contribution < -0.4 is 4.90 Å². The summed E-state index contributed by atoms with van der Waals surface area (Å²) in [4.78, 5) is 2.39. The van der Waals surface area contributed by atoms with Crippen molar-refractivity contribution in [3.8, 4) is 0 Å². The van der Waals surface area contributed by atoms with Gasteiger partial charge in [0.15, 0.2) is 0 Å². The van der Waals surface area contributed by atoms with Crippen LogP contribution >= 0.6 is 0 Å². The molecular formula is C30H29N. The average molecular weight is 404 g/mol. The fourth-order valence-corrected chi connectivity index (χ4v) is 3.92. The van der Waals surface area contributed by atoms with Gasteiger partial charge >= 0.3 is 0 Å². The van der Waals surface area contributed by atoms with Gasteiger partial charge in [-0.2, -0.15) is 0 Å². The Labute approximate surface area is 186 Å². The summed E-state index contributed by atoms with van der Waals surface area (Å²) in [6.45, 7) is 6.56. The lowest BCUT2D eigenvalue weighted by Gasteiger charge is -2.29. The van der Waals surface area contributed by atoms with Crippen molar-refractivity contribution in [2.45, 2.75) is 27.2 Å². The first-order chi connectivity index (χ1) is 15.2. The second-order valence-electron chi connectivity index (χ2n) is 7.94. The molecule has 0 amide bonds. The van der Waals surface area contributed by atoms with Crippen molar-refractivity contribution in [1.82, 2.24) is 0 Å². The highest BCUT2D eigenvalue weighted by Gasteiger charge is 2.17. The van der Waals surface area contributed by atoms with Gasteiger partial charge in [0.2, 0.25) is 0 Å². The van der Waals surface area contributed by atoms with Gasteiger partial charge in [-0.3, -0.25) is 0 Å². The summed E-state index contributed by atoms with van der Waals surface area (Å²) < 4.78 is 0. The van der Waals surface area contributed by atoms with E-state index in [0.29, 0.717) is 0 Å². The first kappa shape index (κ1) is 20.7. The van der Waals surface area contributed by atoms with Crippen molar-refractivity contribution in [3.63, 3.8) is 0 Å². The molecule has 154 valence electrons. The number of anilines is 3. The predicted octanol–water partition coefficient (Wildman–Crippen LogP) is 8.51. The molecule has 4 rings (SSSR count). The van der Waals surface area contributed by atoms with Gasteiger partial charge in [0, 0.05) is 11.4 Å². The molecule has 0 unspecified atom stereocenters. The van der Waals surface area contributed by atoms with Crippen LogP contribution in [0.4, 0.5) is 17.1 Å². The van der Waals surface area contributed by atoms with Crippen LogP contribution in [-0.2, 0) is 6.42 Å². The Hall–Kier alpha value is -3.58. The first-order valence-electron chi connectivity index (χ1n) is 10.9. The predicted molar refractivity (Wildman–Crippen MR) is 135 cm³/mol. The summed E-state index contributed by atoms with van der Waals surface area (Å²) in [5, 5.41) is 0. The third kappa shape index (κ3) is 4.78. The van der Waals surface area contributed by atoms with Crippen LogP contribution in [0.3, 0.4) is 0 Å². The molecule has 0 aromatic heterocycles. The van der Waals surface area contributed by atoms with E-state index in [-0.39, 0.29) is 0 Å². The van der Waals surface area contributed by atoms with Crippen molar-refractivity contribution in [1.29, 1.82) is 0 Å². The fraction of sp³-hybridized carbons (Fsp3) is 0.133. The molecule has 0 saturated carbocycles. The van der Waals surface area contributed by atoms with E-state index < -0.39 is 0 Å². The zero-order valence-electron chi connectivity index (χ0n) is 18.5. The lowest BCUT2D eigenvalue weighted by atomic mass is 10.0. The third-order valence-electron chi connectivity index (χ3n) is 5.64. The molecule has 0 bridgehead atoms. The van der Waals surface area contributed by atoms with Gasteiger partial charge in [-0.25, -0.2) is 0 Å². The number of para-hydroxylation sites is 1. The largest absolute Gasteiger partial charge is 0.310 e. The fourth-order valence-electron chi connectivity index (χ4n) is 3.92. The maximum Gasteiger partial charge on any atom is 0.0522 e. The van der Waals surface area contributed by atoms with E-state index >= 15 is 0 Å². The van der Waals surface area contributed by atoms with E-state index in [0.717, 1.165) is 6.42 Å². The zero-order valence-corrected chi connectivity index (χ0v) is 18.5. The molecule has 0 heterocycles. The van der Waals surface area contributed by atoms with E-state index in [1.54, 1.807) is 0 Å². The van der Waals surface area contributed by atoms with Crippen LogP contribution in [0.2, 0.25) is 0 Å². The SMILES string of the molecule is CCc1cccc(C)c1N(c1ccc(C)cc1)c1ccc(C=Cc2ccccc2)cc1. The number of hydrogen-bond donors (Lipinski definition) is 0. The van der Waals surface area contributed by atoms with E-state index in [2.05, 4.69) is 129 Å². The standard InChI is InChI=1S/C30H29N/c1-4-27-12-8-9-24(3)30(27)31(28-19-13-23(2)14-20-28)29-21-17-26(18-22-29)16-15-25-10-6-5-7-11-25/h5-22H,4H2,1-3H3. The lowest BCUT2D eigenvalue weighted by Crippen LogP contribution is -2.13. The smallest absolute Gasteiger partial charge is 0.0522 e. The molecule has 0 fully saturated rings. The van der Waals surface area contributed by atoms with Gasteiger partial charge in [0.05, 0.1) is 5.69 Å². The Morgan fingerprint density at radius 3 is 1.81 bits per heavy atom. The quantitative estimate of drug-likeness (QED) is 0.292. The van der Waals surface area contributed by atoms with E-state index in [4.69, 9.17) is 0 Å². The number of hydrogen-bond acceptors (Lipinski definition) is 1. The molecule has 0 radical (unpaired) electrons. The molecule has 0 aliphatic rings. The number of nitrogens with zero attached hydrogens (tertiary/aromatic N) is 1. The Balaban J connectivity index is 1.74. The van der Waals surface area contributed by atoms with Crippen LogP contribution in [0.5, 0.6) is 0 Å². The number of aryl methyl sites for hydroxylation is 3. The maximum atomic E-state index is 2.39. The number of benzene rings is 4. The summed E-state index contributed by atoms with van der Waals surface area (Å²) in [5.74, 6) is 0. The molecule has 0 N–H and O–H groups in total. The second-order valence-corrected chi connectivity index (χ2v) is 7.94. The minimum atomic E-state index is 0.997. The van der Waals surface area contributed by atoms with Crippen LogP contribution in [0.15, 0.2) is 97.1 Å². The van der Waals surface area contributed by atoms with Crippen molar-refractivity contribution in [2.24, 2.45) is 0 Å². The summed E-state index contributed by atoms with van der Waals surface area (Å²) in [6, 6.07) is 34.6. The van der Waals surface area contributed by atoms with Gasteiger partial charge in [0.1, 0.15) is 0 Å². The Bertz CT molecular complexity index is 1150. The molecule has 4 aromatic rings. The molecule has 0 aliphatic carbocycles. The van der Waals surface area contributed by atoms with Crippen molar-refractivity contribution >= 4 is 29.2 Å². The Morgan fingerprint density at radius 2 is 1.19 bits per heavy atom. The summed E-state index contributed by atoms with van der Waals surface area (Å²) >= 11 is 0. The minimum absolute atomic E-state index is 0.997. The second kappa shape index (κ2) is 9.49. The molecule has 0 saturated heterocycles. The Morgan fingerprint density at radius 1 is 0.613 bits per heavy atom. The number of rotatable bonds is 6. The molecule has 31 heavy (non-hydrogen) atoms. The van der Waals surface area contributed by atoms with Gasteiger partial charge < -0.3 is 4.90 Å². The van der Waals surface area contributed by atoms with Crippen LogP contribution in [0.25, 0.3) is 12.2 Å². The van der Waals surface area contributed by atoms with Gasteiger partial charge in [-0.05, 0) is 66.8 Å². The summed E-state index contributed by atoms with van der Waals surface area (Å²) in [6.07, 6.45) is 5.32. The van der Waals surface area contributed by atoms with E-state index in [1.807, 2.05) is 6.07 Å². The van der Waals surface area contributed by atoms with Gasteiger partial charge in [-0.15, -0.1) is 0 Å². The summed E-state index contributed by atoms with van der Waals surface area (Å²) in [5.41, 5.74) is 9.94. The lowest BCUT2D eigenvalue weighted by molar-refractivity contribution is 1.10. The van der Waals surface area contributed by atoms with Crippen molar-refractivity contribution in [3.05, 3.63) is 125 Å². The Kier molecular flexibility index (Phi) is 6.33. The topological polar surface area (TPSA) is 3.24 Å². The molecule has 0 spiro atoms. The molecule has 0 atom stereocenters. The minimum Gasteiger partial charge on any atom is -0.310 e. The highest BCUT2D eigenvalue weighted by Crippen LogP contribution is 2.39. The van der Waals surface area contributed by atoms with Crippen LogP contribution in [-0.4, -0.2) is 0 Å². The van der Waals surface area contributed by atoms with E-state index in [1.165, 1.54) is 44.9 Å². The van der Waals surface area contributed by atoms with Gasteiger partial charge in [0.25, 0.3) is 0 Å². The van der Waals surface area contributed by atoms with Gasteiger partial charge in [-0.1, -0.05) is 97.4 Å². The van der Waals surface area contributed by atoms with Crippen molar-refractivity contribution in [2.75, 3.05) is 4.90 Å². The zero-order chi connectivity index (χ0) is 21.6. The molecule has 1 heteroatoms. The van der Waals surface area contributed by atoms with Crippen molar-refractivity contribution < 1.29 is 0 Å². The van der Waals surface area contributed by atoms with Crippen LogP contribution in [0, 0.1) is 13.8 Å². The van der Waals surface area contributed by atoms with E-state index in [9.17, 15) is 0 Å². The molecule has 0 aliphatic heterocycles. The first-order valence-corrected chi connectivity index (χ1v) is 10.9. The third-order valence-corrected chi connectivity index (χ3v) is 5.64. The monoisotopic (exact) mass is 403 g/mol. The molecule has 1 nitrogen and oxygen atoms in total. The highest BCUT2D eigenvalue weighted by molar-refractivity contribution is 5.81. The molecule has 4 aromatic carbocycles. The summed E-state index contributed by atoms with van der Waals surface area (Å²) in [7, 11) is 0. The molecular weight excluding hydrogens is 374 g/mol. The van der Waals surface area contributed by atoms with Crippen LogP contribution in [0.1, 0.15) is 34.7 Å². The highest BCUT2D eigenvalue weighted by atomic mass is 15.1. The average Bonchev–Trinajstić information content (AvgIpc) is 2.81. The normalized spacial score (nSPS) is 11.1. The maximum absolute atomic E-state index is 2.39.